The van der Waals surface area contributed by atoms with Crippen molar-refractivity contribution in [1.82, 2.24) is 4.98 Å². The van der Waals surface area contributed by atoms with E-state index in [9.17, 15) is 57.1 Å². The molecule has 0 N–H and O–H groups in total. The Balaban J connectivity index is 3.13. The standard InChI is InChI=1S/C13H7BrF13NO/c14-7-6(2-1-4-28-7)29-5-3-8(15,16)9(17,18)10(19,20)11(21,22)12(23,24)13(25,26)27/h1-2,4H,3,5H2. The van der Waals surface area contributed by atoms with E-state index in [-0.39, 0.29) is 10.4 Å². The molecule has 0 aliphatic heterocycles. The van der Waals surface area contributed by atoms with Gasteiger partial charge in [-0.25, -0.2) is 4.98 Å². The summed E-state index contributed by atoms with van der Waals surface area (Å²) in [5, 5.41) is 0. The maximum Gasteiger partial charge on any atom is 0.460 e. The summed E-state index contributed by atoms with van der Waals surface area (Å²) in [4.78, 5) is 3.51. The van der Waals surface area contributed by atoms with Crippen LogP contribution in [0, 0.1) is 0 Å². The van der Waals surface area contributed by atoms with Crippen molar-refractivity contribution in [2.75, 3.05) is 6.61 Å². The quantitative estimate of drug-likeness (QED) is 0.295. The number of rotatable bonds is 8. The van der Waals surface area contributed by atoms with Crippen molar-refractivity contribution < 1.29 is 61.8 Å². The second-order valence-corrected chi connectivity index (χ2v) is 6.14. The molecule has 29 heavy (non-hydrogen) atoms. The fourth-order valence-electron chi connectivity index (χ4n) is 1.73. The Morgan fingerprint density at radius 1 is 0.759 bits per heavy atom. The van der Waals surface area contributed by atoms with Crippen molar-refractivity contribution >= 4 is 15.9 Å². The van der Waals surface area contributed by atoms with Gasteiger partial charge in [-0.1, -0.05) is 0 Å². The number of hydrogen-bond donors (Lipinski definition) is 0. The van der Waals surface area contributed by atoms with Crippen LogP contribution in [0.1, 0.15) is 6.42 Å². The fourth-order valence-corrected chi connectivity index (χ4v) is 2.09. The van der Waals surface area contributed by atoms with Gasteiger partial charge in [0.15, 0.2) is 5.75 Å². The van der Waals surface area contributed by atoms with Crippen LogP contribution in [0.3, 0.4) is 0 Å². The van der Waals surface area contributed by atoms with Crippen molar-refractivity contribution in [3.05, 3.63) is 22.9 Å². The number of nitrogens with zero attached hydrogens (tertiary/aromatic N) is 1. The largest absolute Gasteiger partial charge is 0.491 e. The number of alkyl halides is 13. The zero-order valence-electron chi connectivity index (χ0n) is 13.3. The molecule has 0 spiro atoms. The smallest absolute Gasteiger partial charge is 0.460 e. The number of halogens is 14. The third kappa shape index (κ3) is 4.21. The number of pyridine rings is 1. The molecular weight excluding hydrogens is 513 g/mol. The van der Waals surface area contributed by atoms with Gasteiger partial charge in [-0.2, -0.15) is 57.1 Å². The molecule has 168 valence electrons. The average molecular weight is 520 g/mol. The van der Waals surface area contributed by atoms with Crippen LogP contribution in [0.5, 0.6) is 5.75 Å². The molecule has 0 saturated carbocycles. The van der Waals surface area contributed by atoms with Crippen molar-refractivity contribution in [1.29, 1.82) is 0 Å². The molecule has 0 aliphatic rings. The van der Waals surface area contributed by atoms with Gasteiger partial charge in [-0.05, 0) is 28.1 Å². The van der Waals surface area contributed by atoms with E-state index in [1.807, 2.05) is 0 Å². The van der Waals surface area contributed by atoms with Gasteiger partial charge in [-0.15, -0.1) is 0 Å². The Morgan fingerprint density at radius 2 is 1.24 bits per heavy atom. The van der Waals surface area contributed by atoms with E-state index in [1.165, 1.54) is 6.07 Å². The third-order valence-electron chi connectivity index (χ3n) is 3.40. The second kappa shape index (κ2) is 7.65. The summed E-state index contributed by atoms with van der Waals surface area (Å²) < 4.78 is 172. The lowest BCUT2D eigenvalue weighted by Gasteiger charge is -2.39. The fraction of sp³-hybridized carbons (Fsp3) is 0.615. The Hall–Kier alpha value is -1.48. The molecule has 1 rings (SSSR count). The molecule has 0 amide bonds. The lowest BCUT2D eigenvalue weighted by molar-refractivity contribution is -0.440. The lowest BCUT2D eigenvalue weighted by atomic mass is 9.93. The van der Waals surface area contributed by atoms with Gasteiger partial charge < -0.3 is 4.74 Å². The van der Waals surface area contributed by atoms with Crippen molar-refractivity contribution in [2.24, 2.45) is 0 Å². The van der Waals surface area contributed by atoms with Crippen LogP contribution in [0.2, 0.25) is 0 Å². The molecule has 1 aromatic heterocycles. The molecule has 0 fully saturated rings. The monoisotopic (exact) mass is 519 g/mol. The van der Waals surface area contributed by atoms with Gasteiger partial charge in [0, 0.05) is 6.20 Å². The SMILES string of the molecule is FC(F)(F)C(F)(F)C(F)(F)C(F)(F)C(F)(F)C(F)(F)CCOc1cccnc1Br. The molecule has 0 radical (unpaired) electrons. The number of ether oxygens (including phenoxy) is 1. The molecule has 0 aromatic carbocycles. The van der Waals surface area contributed by atoms with Gasteiger partial charge in [-0.3, -0.25) is 0 Å². The normalized spacial score (nSPS) is 14.8. The number of hydrogen-bond acceptors (Lipinski definition) is 2. The zero-order valence-corrected chi connectivity index (χ0v) is 14.9. The summed E-state index contributed by atoms with van der Waals surface area (Å²) in [6.45, 7) is -1.54. The van der Waals surface area contributed by atoms with E-state index < -0.39 is 48.8 Å². The Bertz CT molecular complexity index is 719. The molecule has 1 aromatic rings. The minimum atomic E-state index is -7.90. The first kappa shape index (κ1) is 25.6. The van der Waals surface area contributed by atoms with Crippen LogP contribution in [0.15, 0.2) is 22.9 Å². The molecule has 0 unspecified atom stereocenters. The maximum absolute atomic E-state index is 13.5. The van der Waals surface area contributed by atoms with Gasteiger partial charge in [0.1, 0.15) is 4.60 Å². The van der Waals surface area contributed by atoms with E-state index in [1.54, 1.807) is 0 Å². The Morgan fingerprint density at radius 3 is 1.69 bits per heavy atom. The van der Waals surface area contributed by atoms with Crippen LogP contribution in [-0.4, -0.2) is 47.4 Å². The Labute approximate surface area is 161 Å². The predicted octanol–water partition coefficient (Wildman–Crippen LogP) is 6.35. The summed E-state index contributed by atoms with van der Waals surface area (Å²) in [7, 11) is 0. The van der Waals surface area contributed by atoms with Crippen LogP contribution in [0.4, 0.5) is 57.1 Å². The zero-order chi connectivity index (χ0) is 23.1. The molecule has 1 heterocycles. The molecular formula is C13H7BrF13NO. The van der Waals surface area contributed by atoms with E-state index in [2.05, 4.69) is 25.7 Å². The summed E-state index contributed by atoms with van der Waals surface area (Å²) in [5.74, 6) is -37.3. The van der Waals surface area contributed by atoms with Crippen molar-refractivity contribution in [2.45, 2.75) is 42.2 Å². The van der Waals surface area contributed by atoms with Crippen LogP contribution < -0.4 is 4.74 Å². The van der Waals surface area contributed by atoms with Gasteiger partial charge in [0.2, 0.25) is 0 Å². The van der Waals surface area contributed by atoms with E-state index in [0.29, 0.717) is 0 Å². The highest BCUT2D eigenvalue weighted by Gasteiger charge is 2.90. The highest BCUT2D eigenvalue weighted by Crippen LogP contribution is 2.60. The molecule has 16 heteroatoms. The van der Waals surface area contributed by atoms with Crippen molar-refractivity contribution in [3.63, 3.8) is 0 Å². The predicted molar refractivity (Wildman–Crippen MR) is 72.8 cm³/mol. The highest BCUT2D eigenvalue weighted by atomic mass is 79.9. The molecule has 0 bridgehead atoms. The molecule has 0 saturated heterocycles. The van der Waals surface area contributed by atoms with E-state index >= 15 is 0 Å². The van der Waals surface area contributed by atoms with Gasteiger partial charge in [0.25, 0.3) is 0 Å². The topological polar surface area (TPSA) is 22.1 Å². The van der Waals surface area contributed by atoms with Crippen molar-refractivity contribution in [3.8, 4) is 5.75 Å². The van der Waals surface area contributed by atoms with Crippen LogP contribution >= 0.6 is 15.9 Å². The summed E-state index contributed by atoms with van der Waals surface area (Å²) in [6, 6.07) is 2.21. The number of aromatic nitrogens is 1. The third-order valence-corrected chi connectivity index (χ3v) is 3.99. The average Bonchev–Trinajstić information content (AvgIpc) is 2.54. The molecule has 0 aliphatic carbocycles. The van der Waals surface area contributed by atoms with Gasteiger partial charge >= 0.3 is 35.8 Å². The molecule has 0 atom stereocenters. The molecule has 2 nitrogen and oxygen atoms in total. The maximum atomic E-state index is 13.5. The summed E-state index contributed by atoms with van der Waals surface area (Å²) in [6.07, 6.45) is -8.71. The summed E-state index contributed by atoms with van der Waals surface area (Å²) >= 11 is 2.73. The van der Waals surface area contributed by atoms with Crippen LogP contribution in [0.25, 0.3) is 0 Å². The first-order chi connectivity index (χ1) is 12.7. The summed E-state index contributed by atoms with van der Waals surface area (Å²) in [5.41, 5.74) is 0. The van der Waals surface area contributed by atoms with Crippen LogP contribution in [-0.2, 0) is 0 Å². The van der Waals surface area contributed by atoms with E-state index in [0.717, 1.165) is 12.3 Å². The minimum absolute atomic E-state index is 0.156. The lowest BCUT2D eigenvalue weighted by Crippen LogP contribution is -2.70. The van der Waals surface area contributed by atoms with E-state index in [4.69, 9.17) is 0 Å². The first-order valence-electron chi connectivity index (χ1n) is 6.93. The Kier molecular flexibility index (Phi) is 6.74. The highest BCUT2D eigenvalue weighted by molar-refractivity contribution is 9.10. The minimum Gasteiger partial charge on any atom is -0.491 e. The second-order valence-electron chi connectivity index (χ2n) is 5.39. The van der Waals surface area contributed by atoms with Gasteiger partial charge in [0.05, 0.1) is 13.0 Å². The first-order valence-corrected chi connectivity index (χ1v) is 7.72.